The van der Waals surface area contributed by atoms with Crippen LogP contribution in [0.15, 0.2) is 16.5 Å². The van der Waals surface area contributed by atoms with E-state index in [1.165, 1.54) is 19.4 Å². The quantitative estimate of drug-likeness (QED) is 0.582. The van der Waals surface area contributed by atoms with E-state index in [0.29, 0.717) is 11.4 Å². The highest BCUT2D eigenvalue weighted by molar-refractivity contribution is 7.98. The van der Waals surface area contributed by atoms with Crippen molar-refractivity contribution in [1.29, 1.82) is 0 Å². The van der Waals surface area contributed by atoms with Crippen LogP contribution >= 0.6 is 11.6 Å². The zero-order valence-electron chi connectivity index (χ0n) is 9.29. The average Bonchev–Trinajstić information content (AvgIpc) is 2.13. The van der Waals surface area contributed by atoms with Gasteiger partial charge in [0.2, 0.25) is 5.88 Å². The zero-order valence-corrected chi connectivity index (χ0v) is 10.9. The Morgan fingerprint density at radius 1 is 1.65 bits per heavy atom. The largest absolute Gasteiger partial charge is 0.481 e. The summed E-state index contributed by atoms with van der Waals surface area (Å²) in [5.41, 5.74) is 0.630. The number of ether oxygens (including phenoxy) is 1. The number of carboxylic acid groups (broad SMARTS) is 1. The predicted octanol–water partition coefficient (Wildman–Crippen LogP) is 2.09. The first kappa shape index (κ1) is 13.9. The molecule has 0 aliphatic carbocycles. The zero-order chi connectivity index (χ0) is 13.1. The summed E-state index contributed by atoms with van der Waals surface area (Å²) in [5, 5.41) is 8.74. The molecule has 0 aliphatic heterocycles. The summed E-state index contributed by atoms with van der Waals surface area (Å²) in [6, 6.07) is 3.12. The fourth-order valence-electron chi connectivity index (χ4n) is 1.28. The number of amides is 1. The maximum absolute atomic E-state index is 10.4. The van der Waals surface area contributed by atoms with Gasteiger partial charge in [0, 0.05) is 11.8 Å². The second kappa shape index (κ2) is 5.44. The van der Waals surface area contributed by atoms with Gasteiger partial charge < -0.3 is 14.4 Å². The first-order valence-electron chi connectivity index (χ1n) is 4.57. The van der Waals surface area contributed by atoms with Crippen LogP contribution in [-0.4, -0.2) is 34.1 Å². The van der Waals surface area contributed by atoms with Crippen molar-refractivity contribution < 1.29 is 19.2 Å². The number of methoxy groups -OCH3 is 1. The van der Waals surface area contributed by atoms with Crippen molar-refractivity contribution in [2.45, 2.75) is 5.75 Å². The molecule has 0 fully saturated rings. The number of halogens is 1. The fraction of sp³-hybridized carbons (Fsp3) is 0.333. The summed E-state index contributed by atoms with van der Waals surface area (Å²) in [4.78, 5) is 14.3. The molecule has 17 heavy (non-hydrogen) atoms. The van der Waals surface area contributed by atoms with Crippen LogP contribution in [0.4, 0.5) is 4.79 Å². The van der Waals surface area contributed by atoms with Crippen LogP contribution < -0.4 is 4.74 Å². The van der Waals surface area contributed by atoms with Crippen LogP contribution in [0.1, 0.15) is 5.56 Å². The van der Waals surface area contributed by atoms with Gasteiger partial charge in [-0.1, -0.05) is 21.7 Å². The van der Waals surface area contributed by atoms with E-state index in [-0.39, 0.29) is 10.9 Å². The van der Waals surface area contributed by atoms with Gasteiger partial charge in [-0.2, -0.15) is 4.36 Å². The van der Waals surface area contributed by atoms with E-state index in [2.05, 4.69) is 9.35 Å². The molecule has 0 aromatic carbocycles. The summed E-state index contributed by atoms with van der Waals surface area (Å²) in [5.74, 6) is 0.417. The Morgan fingerprint density at radius 3 is 2.82 bits per heavy atom. The van der Waals surface area contributed by atoms with Crippen LogP contribution in [0.5, 0.6) is 5.88 Å². The molecule has 0 radical (unpaired) electrons. The standard InChI is InChI=1S/C9H13ClN2O4S/c1-16-8-4-6(3-7(10)11-8)5-17(2,15)12-9(13)14/h3-4,17H,5H2,1-2H3,(H,12,15)(H,13,14). The molecule has 0 saturated carbocycles. The Kier molecular flexibility index (Phi) is 4.44. The van der Waals surface area contributed by atoms with E-state index in [1.54, 1.807) is 6.07 Å². The number of aromatic nitrogens is 1. The maximum atomic E-state index is 10.4. The smallest absolute Gasteiger partial charge is 0.437 e. The Balaban J connectivity index is 3.03. The lowest BCUT2D eigenvalue weighted by Gasteiger charge is -2.17. The minimum Gasteiger partial charge on any atom is -0.481 e. The van der Waals surface area contributed by atoms with E-state index in [4.69, 9.17) is 21.4 Å². The number of nitrogens with zero attached hydrogens (tertiary/aromatic N) is 2. The van der Waals surface area contributed by atoms with Gasteiger partial charge in [-0.15, -0.1) is 0 Å². The van der Waals surface area contributed by atoms with Gasteiger partial charge >= 0.3 is 6.09 Å². The van der Waals surface area contributed by atoms with E-state index in [0.717, 1.165) is 0 Å². The van der Waals surface area contributed by atoms with Crippen LogP contribution in [0.3, 0.4) is 0 Å². The third-order valence-corrected chi connectivity index (χ3v) is 3.58. The van der Waals surface area contributed by atoms with Crippen molar-refractivity contribution >= 4 is 27.8 Å². The van der Waals surface area contributed by atoms with Crippen molar-refractivity contribution in [2.75, 3.05) is 13.4 Å². The Bertz CT molecular complexity index is 486. The van der Waals surface area contributed by atoms with Crippen LogP contribution in [0.2, 0.25) is 5.15 Å². The molecular formula is C9H13ClN2O4S. The minimum atomic E-state index is -2.89. The van der Waals surface area contributed by atoms with Crippen molar-refractivity contribution in [2.24, 2.45) is 4.36 Å². The average molecular weight is 281 g/mol. The van der Waals surface area contributed by atoms with E-state index in [1.807, 2.05) is 0 Å². The van der Waals surface area contributed by atoms with E-state index >= 15 is 0 Å². The molecule has 1 rings (SSSR count). The molecule has 0 atom stereocenters. The molecule has 1 heterocycles. The van der Waals surface area contributed by atoms with Gasteiger partial charge in [-0.3, -0.25) is 0 Å². The lowest BCUT2D eigenvalue weighted by molar-refractivity contribution is 0.206. The molecule has 0 saturated heterocycles. The molecule has 1 aromatic rings. The highest BCUT2D eigenvalue weighted by Crippen LogP contribution is 2.19. The van der Waals surface area contributed by atoms with Crippen molar-refractivity contribution in [3.05, 3.63) is 22.8 Å². The first-order chi connectivity index (χ1) is 7.82. The SMILES string of the molecule is COc1cc(C[SH](C)(O)=NC(=O)O)cc(Cl)n1. The maximum Gasteiger partial charge on any atom is 0.437 e. The summed E-state index contributed by atoms with van der Waals surface area (Å²) < 4.78 is 18.0. The Hall–Kier alpha value is -1.18. The molecular weight excluding hydrogens is 268 g/mol. The lowest BCUT2D eigenvalue weighted by Crippen LogP contribution is -2.13. The second-order valence-electron chi connectivity index (χ2n) is 3.47. The third-order valence-electron chi connectivity index (χ3n) is 1.82. The predicted molar refractivity (Wildman–Crippen MR) is 67.3 cm³/mol. The fourth-order valence-corrected chi connectivity index (χ4v) is 2.82. The number of thiol groups is 1. The van der Waals surface area contributed by atoms with Gasteiger partial charge in [0.25, 0.3) is 0 Å². The van der Waals surface area contributed by atoms with Crippen LogP contribution in [0.25, 0.3) is 0 Å². The Labute approximate surface area is 104 Å². The van der Waals surface area contributed by atoms with E-state index in [9.17, 15) is 9.35 Å². The molecule has 1 aromatic heterocycles. The molecule has 6 nitrogen and oxygen atoms in total. The van der Waals surface area contributed by atoms with Gasteiger partial charge in [0.1, 0.15) is 5.15 Å². The molecule has 8 heteroatoms. The van der Waals surface area contributed by atoms with Crippen molar-refractivity contribution in [3.8, 4) is 5.88 Å². The number of pyridine rings is 1. The summed E-state index contributed by atoms with van der Waals surface area (Å²) in [6.45, 7) is 0. The third kappa shape index (κ3) is 4.68. The van der Waals surface area contributed by atoms with Gasteiger partial charge in [-0.05, 0) is 17.9 Å². The number of rotatable bonds is 3. The lowest BCUT2D eigenvalue weighted by atomic mass is 10.3. The molecule has 0 aliphatic rings. The molecule has 1 amide bonds. The number of hydrogen-bond donors (Lipinski definition) is 3. The molecule has 0 spiro atoms. The number of hydrogen-bond acceptors (Lipinski definition) is 3. The van der Waals surface area contributed by atoms with Gasteiger partial charge in [0.15, 0.2) is 0 Å². The molecule has 2 N–H and O–H groups in total. The summed E-state index contributed by atoms with van der Waals surface area (Å²) >= 11 is 5.76. The monoisotopic (exact) mass is 280 g/mol. The van der Waals surface area contributed by atoms with E-state index < -0.39 is 16.2 Å². The van der Waals surface area contributed by atoms with Crippen LogP contribution in [0, 0.1) is 0 Å². The molecule has 0 unspecified atom stereocenters. The van der Waals surface area contributed by atoms with Crippen LogP contribution in [-0.2, 0) is 15.9 Å². The Morgan fingerprint density at radius 2 is 2.29 bits per heavy atom. The summed E-state index contributed by atoms with van der Waals surface area (Å²) in [7, 11) is -1.45. The first-order valence-corrected chi connectivity index (χ1v) is 7.28. The topological polar surface area (TPSA) is 92.0 Å². The summed E-state index contributed by atoms with van der Waals surface area (Å²) in [6.07, 6.45) is 0.0255. The van der Waals surface area contributed by atoms with Gasteiger partial charge in [-0.25, -0.2) is 9.78 Å². The van der Waals surface area contributed by atoms with Crippen molar-refractivity contribution in [1.82, 2.24) is 4.98 Å². The highest BCUT2D eigenvalue weighted by Gasteiger charge is 2.09. The highest BCUT2D eigenvalue weighted by atomic mass is 35.5. The van der Waals surface area contributed by atoms with Crippen molar-refractivity contribution in [3.63, 3.8) is 0 Å². The minimum absolute atomic E-state index is 0.109. The molecule has 0 bridgehead atoms. The molecule has 96 valence electrons. The number of carbonyl (C=O) groups is 1. The van der Waals surface area contributed by atoms with Gasteiger partial charge in [0.05, 0.1) is 7.11 Å². The normalized spacial score (nSPS) is 12.0. The second-order valence-corrected chi connectivity index (χ2v) is 6.55.